The third-order valence-corrected chi connectivity index (χ3v) is 8.57. The van der Waals surface area contributed by atoms with Crippen molar-refractivity contribution in [3.63, 3.8) is 0 Å². The molecule has 0 amide bonds. The van der Waals surface area contributed by atoms with Gasteiger partial charge < -0.3 is 0 Å². The molecular weight excluding hydrogens is 716 g/mol. The van der Waals surface area contributed by atoms with Crippen LogP contribution in [-0.4, -0.2) is 0 Å². The van der Waals surface area contributed by atoms with Crippen LogP contribution in [0.25, 0.3) is 22.3 Å². The van der Waals surface area contributed by atoms with Gasteiger partial charge in [0, 0.05) is 11.1 Å². The highest BCUT2D eigenvalue weighted by Crippen LogP contribution is 2.54. The molecule has 2 aliphatic rings. The molecule has 6 nitrogen and oxygen atoms in total. The van der Waals surface area contributed by atoms with Crippen molar-refractivity contribution in [3.8, 4) is 36.4 Å². The van der Waals surface area contributed by atoms with Crippen LogP contribution in [0.15, 0.2) is 83.0 Å². The Balaban J connectivity index is 1.82. The highest BCUT2D eigenvalue weighted by atomic mass is 19.2. The molecule has 0 aromatic heterocycles. The minimum Gasteiger partial charge on any atom is -0.203 e. The maximum Gasteiger partial charge on any atom is 0.180 e. The van der Waals surface area contributed by atoms with Crippen LogP contribution in [0.4, 0.5) is 35.1 Å². The van der Waals surface area contributed by atoms with Gasteiger partial charge >= 0.3 is 0 Å². The molecule has 0 saturated heterocycles. The SMILES string of the molecule is N#C/C(=C1\C(c2ccc(C#N)cc2)=CC2=C1C=C(c1ccc(C#N)cc1)/C2=C(\C#N)c1c(F)c(F)c(C#N)c(F)c1F)c1c(F)c(F)c(C#N)c(F)c1F. The third-order valence-electron chi connectivity index (χ3n) is 8.57. The molecule has 4 aromatic carbocycles. The summed E-state index contributed by atoms with van der Waals surface area (Å²) < 4.78 is 122. The highest BCUT2D eigenvalue weighted by Gasteiger charge is 2.39. The molecule has 6 rings (SSSR count). The molecule has 256 valence electrons. The first kappa shape index (κ1) is 35.8. The zero-order valence-corrected chi connectivity index (χ0v) is 26.5. The summed E-state index contributed by atoms with van der Waals surface area (Å²) in [5, 5.41) is 57.7. The lowest BCUT2D eigenvalue weighted by molar-refractivity contribution is 0.447. The summed E-state index contributed by atoms with van der Waals surface area (Å²) in [6.45, 7) is 0. The summed E-state index contributed by atoms with van der Waals surface area (Å²) >= 11 is 0. The molecule has 14 heteroatoms. The van der Waals surface area contributed by atoms with Crippen molar-refractivity contribution in [1.82, 2.24) is 0 Å². The van der Waals surface area contributed by atoms with Crippen molar-refractivity contribution in [3.05, 3.63) is 174 Å². The van der Waals surface area contributed by atoms with Gasteiger partial charge in [-0.3, -0.25) is 0 Å². The second-order valence-corrected chi connectivity index (χ2v) is 11.3. The van der Waals surface area contributed by atoms with Crippen LogP contribution >= 0.6 is 0 Å². The number of rotatable bonds is 4. The number of hydrogen-bond donors (Lipinski definition) is 0. The summed E-state index contributed by atoms with van der Waals surface area (Å²) in [5.41, 5.74) is -9.71. The van der Waals surface area contributed by atoms with Crippen LogP contribution in [0.5, 0.6) is 0 Å². The van der Waals surface area contributed by atoms with Gasteiger partial charge in [-0.15, -0.1) is 0 Å². The zero-order chi connectivity index (χ0) is 39.2. The lowest BCUT2D eigenvalue weighted by atomic mass is 9.87. The van der Waals surface area contributed by atoms with Gasteiger partial charge in [0.15, 0.2) is 46.5 Å². The van der Waals surface area contributed by atoms with E-state index < -0.39 is 91.1 Å². The molecule has 0 bridgehead atoms. The van der Waals surface area contributed by atoms with Gasteiger partial charge in [0.1, 0.15) is 35.4 Å². The first-order chi connectivity index (χ1) is 25.9. The van der Waals surface area contributed by atoms with E-state index in [-0.39, 0.29) is 44.5 Å². The number of allylic oxidation sites excluding steroid dienone is 10. The van der Waals surface area contributed by atoms with Crippen molar-refractivity contribution < 1.29 is 35.1 Å². The average molecular weight is 727 g/mol. The summed E-state index contributed by atoms with van der Waals surface area (Å²) in [6, 6.07) is 19.3. The van der Waals surface area contributed by atoms with Crippen LogP contribution in [0.3, 0.4) is 0 Å². The van der Waals surface area contributed by atoms with E-state index in [1.165, 1.54) is 72.8 Å². The van der Waals surface area contributed by atoms with Crippen LogP contribution < -0.4 is 0 Å². The Labute approximate surface area is 299 Å². The van der Waals surface area contributed by atoms with Crippen LogP contribution in [-0.2, 0) is 0 Å². The van der Waals surface area contributed by atoms with Crippen molar-refractivity contribution in [2.24, 2.45) is 0 Å². The van der Waals surface area contributed by atoms with Gasteiger partial charge in [0.05, 0.1) is 45.5 Å². The van der Waals surface area contributed by atoms with Gasteiger partial charge in [-0.05, 0) is 69.8 Å². The van der Waals surface area contributed by atoms with E-state index in [0.29, 0.717) is 0 Å². The molecule has 0 aliphatic heterocycles. The minimum atomic E-state index is -2.13. The van der Waals surface area contributed by atoms with E-state index in [9.17, 15) is 38.6 Å². The summed E-state index contributed by atoms with van der Waals surface area (Å²) in [4.78, 5) is 0. The Bertz CT molecular complexity index is 2580. The number of nitrogens with zero attached hydrogens (tertiary/aromatic N) is 6. The summed E-state index contributed by atoms with van der Waals surface area (Å²) in [6.07, 6.45) is 2.34. The topological polar surface area (TPSA) is 143 Å². The molecule has 0 spiro atoms. The lowest BCUT2D eigenvalue weighted by Crippen LogP contribution is -2.08. The number of halogens is 8. The average Bonchev–Trinajstić information content (AvgIpc) is 3.74. The maximum absolute atomic E-state index is 15.6. The number of nitriles is 6. The molecular formula is C40H10F8N6. The monoisotopic (exact) mass is 726 g/mol. The molecule has 0 N–H and O–H groups in total. The first-order valence-electron chi connectivity index (χ1n) is 14.9. The second-order valence-electron chi connectivity index (χ2n) is 11.3. The Morgan fingerprint density at radius 3 is 0.926 bits per heavy atom. The van der Waals surface area contributed by atoms with E-state index in [4.69, 9.17) is 10.5 Å². The minimum absolute atomic E-state index is 0.0977. The molecule has 0 fully saturated rings. The molecule has 0 atom stereocenters. The molecule has 0 radical (unpaired) electrons. The lowest BCUT2D eigenvalue weighted by Gasteiger charge is -2.16. The molecule has 0 unspecified atom stereocenters. The number of hydrogen-bond acceptors (Lipinski definition) is 6. The summed E-state index contributed by atoms with van der Waals surface area (Å²) in [7, 11) is 0. The van der Waals surface area contributed by atoms with Crippen molar-refractivity contribution >= 4 is 22.3 Å². The summed E-state index contributed by atoms with van der Waals surface area (Å²) in [5.74, 6) is -17.0. The molecule has 4 aromatic rings. The van der Waals surface area contributed by atoms with E-state index in [2.05, 4.69) is 0 Å². The Morgan fingerprint density at radius 2 is 0.685 bits per heavy atom. The molecule has 0 saturated carbocycles. The predicted octanol–water partition coefficient (Wildman–Crippen LogP) is 9.03. The van der Waals surface area contributed by atoms with Crippen LogP contribution in [0, 0.1) is 115 Å². The zero-order valence-electron chi connectivity index (χ0n) is 26.5. The third kappa shape index (κ3) is 5.28. The number of benzene rings is 4. The van der Waals surface area contributed by atoms with Gasteiger partial charge in [-0.25, -0.2) is 35.1 Å². The maximum atomic E-state index is 15.6. The van der Waals surface area contributed by atoms with Crippen LogP contribution in [0.2, 0.25) is 0 Å². The van der Waals surface area contributed by atoms with E-state index >= 15 is 17.6 Å². The largest absolute Gasteiger partial charge is 0.203 e. The van der Waals surface area contributed by atoms with Crippen molar-refractivity contribution in [2.75, 3.05) is 0 Å². The fraction of sp³-hybridized carbons (Fsp3) is 0. The Morgan fingerprint density at radius 1 is 0.389 bits per heavy atom. The normalized spacial score (nSPS) is 14.8. The fourth-order valence-electron chi connectivity index (χ4n) is 6.11. The molecule has 54 heavy (non-hydrogen) atoms. The Hall–Kier alpha value is -8.04. The molecule has 2 aliphatic carbocycles. The standard InChI is InChI=1S/C40H10F8N6/c41-33-27(15-53)34(42)38(46)31(37(33)45)25(13-51)29-21(19-5-1-17(11-49)2-6-19)9-23-24(29)10-22(20-7-3-18(12-50)4-8-20)30(23)26(14-52)32-39(47)35(43)28(16-54)36(44)40(32)48/h1-10H/b29-25-,30-26-. The second kappa shape index (κ2) is 13.6. The quantitative estimate of drug-likeness (QED) is 0.117. The highest BCUT2D eigenvalue weighted by molar-refractivity contribution is 6.12. The van der Waals surface area contributed by atoms with Gasteiger partial charge in [0.25, 0.3) is 0 Å². The smallest absolute Gasteiger partial charge is 0.180 e. The van der Waals surface area contributed by atoms with Gasteiger partial charge in [0.2, 0.25) is 0 Å². The molecule has 0 heterocycles. The van der Waals surface area contributed by atoms with Crippen LogP contribution in [0.1, 0.15) is 44.5 Å². The van der Waals surface area contributed by atoms with Crippen molar-refractivity contribution in [2.45, 2.75) is 0 Å². The van der Waals surface area contributed by atoms with E-state index in [0.717, 1.165) is 12.1 Å². The van der Waals surface area contributed by atoms with Gasteiger partial charge in [-0.1, -0.05) is 24.3 Å². The first-order valence-corrected chi connectivity index (χ1v) is 14.9. The fourth-order valence-corrected chi connectivity index (χ4v) is 6.11. The Kier molecular flexibility index (Phi) is 9.00. The predicted molar refractivity (Wildman–Crippen MR) is 172 cm³/mol. The van der Waals surface area contributed by atoms with E-state index in [1.54, 1.807) is 0 Å². The van der Waals surface area contributed by atoms with Gasteiger partial charge in [-0.2, -0.15) is 31.6 Å². The van der Waals surface area contributed by atoms with E-state index in [1.807, 2.05) is 12.1 Å². The van der Waals surface area contributed by atoms with Crippen molar-refractivity contribution in [1.29, 1.82) is 31.6 Å².